The van der Waals surface area contributed by atoms with Crippen LogP contribution in [0.3, 0.4) is 0 Å². The Bertz CT molecular complexity index is 734. The Labute approximate surface area is 139 Å². The second-order valence-corrected chi connectivity index (χ2v) is 5.80. The van der Waals surface area contributed by atoms with E-state index in [0.717, 1.165) is 25.9 Å². The fourth-order valence-electron chi connectivity index (χ4n) is 3.18. The molecule has 0 bridgehead atoms. The Hall–Kier alpha value is -2.83. The molecule has 0 amide bonds. The number of nitro groups is 1. The lowest BCUT2D eigenvalue weighted by Gasteiger charge is -2.35. The molecule has 0 aliphatic carbocycles. The number of non-ortho nitro benzene ring substituents is 1. The van der Waals surface area contributed by atoms with Crippen molar-refractivity contribution >= 4 is 17.3 Å². The summed E-state index contributed by atoms with van der Waals surface area (Å²) in [5.41, 5.74) is 0.825. The summed E-state index contributed by atoms with van der Waals surface area (Å²) in [4.78, 5) is 24.6. The van der Waals surface area contributed by atoms with Crippen LogP contribution >= 0.6 is 0 Å². The van der Waals surface area contributed by atoms with Crippen molar-refractivity contribution in [2.75, 3.05) is 25.1 Å². The molecule has 2 heterocycles. The monoisotopic (exact) mass is 329 g/mol. The molecule has 7 nitrogen and oxygen atoms in total. The van der Waals surface area contributed by atoms with Gasteiger partial charge in [-0.25, -0.2) is 4.79 Å². The Morgan fingerprint density at radius 1 is 1.25 bits per heavy atom. The van der Waals surface area contributed by atoms with Gasteiger partial charge in [0.2, 0.25) is 0 Å². The van der Waals surface area contributed by atoms with Crippen LogP contribution in [0.15, 0.2) is 42.7 Å². The Kier molecular flexibility index (Phi) is 4.50. The third-order valence-electron chi connectivity index (χ3n) is 4.45. The molecule has 2 aromatic rings. The number of piperidine rings is 1. The van der Waals surface area contributed by atoms with Crippen LogP contribution in [-0.4, -0.2) is 35.7 Å². The largest absolute Gasteiger partial charge is 0.465 e. The lowest BCUT2D eigenvalue weighted by Crippen LogP contribution is -2.35. The fourth-order valence-corrected chi connectivity index (χ4v) is 3.18. The second-order valence-electron chi connectivity index (χ2n) is 5.80. The Balaban J connectivity index is 1.82. The molecule has 1 aromatic carbocycles. The molecular formula is C17H19N3O4. The van der Waals surface area contributed by atoms with Crippen LogP contribution in [-0.2, 0) is 4.74 Å². The molecule has 0 spiro atoms. The number of ether oxygens (including phenoxy) is 1. The molecule has 0 radical (unpaired) electrons. The van der Waals surface area contributed by atoms with E-state index < -0.39 is 10.9 Å². The molecule has 1 aromatic heterocycles. The highest BCUT2D eigenvalue weighted by atomic mass is 16.6. The normalized spacial score (nSPS) is 15.3. The first-order chi connectivity index (χ1) is 11.6. The first-order valence-corrected chi connectivity index (χ1v) is 7.84. The third-order valence-corrected chi connectivity index (χ3v) is 4.45. The number of nitro benzene ring substituents is 1. The summed E-state index contributed by atoms with van der Waals surface area (Å²) >= 11 is 0. The second kappa shape index (κ2) is 6.74. The summed E-state index contributed by atoms with van der Waals surface area (Å²) in [7, 11) is 1.28. The number of anilines is 1. The zero-order valence-electron chi connectivity index (χ0n) is 13.4. The van der Waals surface area contributed by atoms with Crippen LogP contribution in [0.5, 0.6) is 0 Å². The highest BCUT2D eigenvalue weighted by Crippen LogP contribution is 2.31. The maximum Gasteiger partial charge on any atom is 0.340 e. The molecule has 1 aliphatic rings. The predicted octanol–water partition coefficient (Wildman–Crippen LogP) is 3.02. The number of esters is 1. The minimum Gasteiger partial charge on any atom is -0.465 e. The molecule has 1 saturated heterocycles. The molecule has 24 heavy (non-hydrogen) atoms. The van der Waals surface area contributed by atoms with E-state index in [-0.39, 0.29) is 11.3 Å². The molecule has 0 N–H and O–H groups in total. The SMILES string of the molecule is COC(=O)c1cc([N+](=O)[O-])ccc1N1CCC(n2cccc2)CC1. The number of hydrogen-bond acceptors (Lipinski definition) is 5. The van der Waals surface area contributed by atoms with Crippen molar-refractivity contribution in [3.63, 3.8) is 0 Å². The van der Waals surface area contributed by atoms with Crippen LogP contribution in [0, 0.1) is 10.1 Å². The molecule has 0 unspecified atom stereocenters. The van der Waals surface area contributed by atoms with Gasteiger partial charge in [0.15, 0.2) is 0 Å². The standard InChI is InChI=1S/C17H19N3O4/c1-24-17(21)15-12-14(20(22)23)4-5-16(15)19-10-6-13(7-11-19)18-8-2-3-9-18/h2-5,8-9,12-13H,6-7,10-11H2,1H3. The van der Waals surface area contributed by atoms with Gasteiger partial charge < -0.3 is 14.2 Å². The smallest absolute Gasteiger partial charge is 0.340 e. The maximum absolute atomic E-state index is 12.0. The lowest BCUT2D eigenvalue weighted by atomic mass is 10.0. The van der Waals surface area contributed by atoms with E-state index in [0.29, 0.717) is 11.7 Å². The van der Waals surface area contributed by atoms with Crippen molar-refractivity contribution in [2.24, 2.45) is 0 Å². The van der Waals surface area contributed by atoms with E-state index in [1.807, 2.05) is 12.1 Å². The molecule has 3 rings (SSSR count). The van der Waals surface area contributed by atoms with Crippen molar-refractivity contribution < 1.29 is 14.5 Å². The molecule has 0 saturated carbocycles. The van der Waals surface area contributed by atoms with Gasteiger partial charge in [-0.05, 0) is 31.0 Å². The molecule has 1 aliphatic heterocycles. The van der Waals surface area contributed by atoms with E-state index in [1.165, 1.54) is 19.2 Å². The molecular weight excluding hydrogens is 310 g/mol. The van der Waals surface area contributed by atoms with Gasteiger partial charge in [-0.3, -0.25) is 10.1 Å². The summed E-state index contributed by atoms with van der Waals surface area (Å²) < 4.78 is 6.99. The minimum absolute atomic E-state index is 0.110. The first-order valence-electron chi connectivity index (χ1n) is 7.84. The van der Waals surface area contributed by atoms with Gasteiger partial charge in [0.05, 0.1) is 23.3 Å². The average molecular weight is 329 g/mol. The number of benzene rings is 1. The number of rotatable bonds is 4. The average Bonchev–Trinajstić information content (AvgIpc) is 3.15. The lowest BCUT2D eigenvalue weighted by molar-refractivity contribution is -0.384. The number of hydrogen-bond donors (Lipinski definition) is 0. The van der Waals surface area contributed by atoms with Crippen molar-refractivity contribution in [2.45, 2.75) is 18.9 Å². The van der Waals surface area contributed by atoms with E-state index >= 15 is 0 Å². The number of carbonyl (C=O) groups is 1. The van der Waals surface area contributed by atoms with Crippen LogP contribution in [0.25, 0.3) is 0 Å². The van der Waals surface area contributed by atoms with Gasteiger partial charge in [-0.1, -0.05) is 0 Å². The Morgan fingerprint density at radius 3 is 2.50 bits per heavy atom. The summed E-state index contributed by atoms with van der Waals surface area (Å²) in [6, 6.07) is 8.83. The highest BCUT2D eigenvalue weighted by molar-refractivity contribution is 5.96. The van der Waals surface area contributed by atoms with E-state index in [1.54, 1.807) is 6.07 Å². The zero-order chi connectivity index (χ0) is 17.1. The topological polar surface area (TPSA) is 77.6 Å². The number of aromatic nitrogens is 1. The van der Waals surface area contributed by atoms with E-state index in [9.17, 15) is 14.9 Å². The van der Waals surface area contributed by atoms with E-state index in [2.05, 4.69) is 21.9 Å². The van der Waals surface area contributed by atoms with Crippen LogP contribution in [0.4, 0.5) is 11.4 Å². The molecule has 0 atom stereocenters. The van der Waals surface area contributed by atoms with Gasteiger partial charge in [-0.15, -0.1) is 0 Å². The summed E-state index contributed by atoms with van der Waals surface area (Å²) in [5.74, 6) is -0.554. The van der Waals surface area contributed by atoms with Gasteiger partial charge in [-0.2, -0.15) is 0 Å². The zero-order valence-corrected chi connectivity index (χ0v) is 13.4. The third kappa shape index (κ3) is 3.10. The number of methoxy groups -OCH3 is 1. The molecule has 7 heteroatoms. The van der Waals surface area contributed by atoms with Crippen molar-refractivity contribution in [3.8, 4) is 0 Å². The maximum atomic E-state index is 12.0. The van der Waals surface area contributed by atoms with E-state index in [4.69, 9.17) is 4.74 Å². The number of carbonyl (C=O) groups excluding carboxylic acids is 1. The van der Waals surface area contributed by atoms with Crippen LogP contribution in [0.1, 0.15) is 29.2 Å². The van der Waals surface area contributed by atoms with Gasteiger partial charge in [0, 0.05) is 43.7 Å². The fraction of sp³-hybridized carbons (Fsp3) is 0.353. The summed E-state index contributed by atoms with van der Waals surface area (Å²) in [5, 5.41) is 11.0. The number of nitrogens with zero attached hydrogens (tertiary/aromatic N) is 3. The minimum atomic E-state index is -0.554. The molecule has 1 fully saturated rings. The van der Waals surface area contributed by atoms with Crippen LogP contribution < -0.4 is 4.90 Å². The Morgan fingerprint density at radius 2 is 1.92 bits per heavy atom. The highest BCUT2D eigenvalue weighted by Gasteiger charge is 2.25. The van der Waals surface area contributed by atoms with Crippen molar-refractivity contribution in [3.05, 3.63) is 58.4 Å². The van der Waals surface area contributed by atoms with Gasteiger partial charge >= 0.3 is 5.97 Å². The predicted molar refractivity (Wildman–Crippen MR) is 89.4 cm³/mol. The van der Waals surface area contributed by atoms with Gasteiger partial charge in [0.1, 0.15) is 0 Å². The molecule has 126 valence electrons. The summed E-state index contributed by atoms with van der Waals surface area (Å²) in [6.07, 6.45) is 6.02. The summed E-state index contributed by atoms with van der Waals surface area (Å²) in [6.45, 7) is 1.56. The van der Waals surface area contributed by atoms with Crippen molar-refractivity contribution in [1.82, 2.24) is 4.57 Å². The van der Waals surface area contributed by atoms with Crippen LogP contribution in [0.2, 0.25) is 0 Å². The van der Waals surface area contributed by atoms with Gasteiger partial charge in [0.25, 0.3) is 5.69 Å². The quantitative estimate of drug-likeness (QED) is 0.489. The van der Waals surface area contributed by atoms with Crippen molar-refractivity contribution in [1.29, 1.82) is 0 Å². The first kappa shape index (κ1) is 16.0.